The van der Waals surface area contributed by atoms with E-state index in [0.29, 0.717) is 17.8 Å². The second-order valence-corrected chi connectivity index (χ2v) is 12.7. The number of aromatic nitrogens is 4. The predicted molar refractivity (Wildman–Crippen MR) is 157 cm³/mol. The van der Waals surface area contributed by atoms with E-state index in [-0.39, 0.29) is 0 Å². The predicted octanol–water partition coefficient (Wildman–Crippen LogP) is 5.46. The van der Waals surface area contributed by atoms with E-state index in [1.165, 1.54) is 11.1 Å². The SMILES string of the molecule is COc1cc2c(cc1Nc1ncc(Br)c(Nc3ccc4nccnc4c3P(C)C)n1)CC[C@H](N(C)C)C2. The van der Waals surface area contributed by atoms with Gasteiger partial charge in [-0.15, -0.1) is 0 Å². The van der Waals surface area contributed by atoms with E-state index < -0.39 is 7.92 Å². The highest BCUT2D eigenvalue weighted by Gasteiger charge is 2.23. The highest BCUT2D eigenvalue weighted by Crippen LogP contribution is 2.36. The van der Waals surface area contributed by atoms with E-state index in [0.717, 1.165) is 57.2 Å². The van der Waals surface area contributed by atoms with Crippen molar-refractivity contribution < 1.29 is 4.74 Å². The minimum Gasteiger partial charge on any atom is -0.495 e. The number of methoxy groups -OCH3 is 1. The van der Waals surface area contributed by atoms with Crippen molar-refractivity contribution in [2.24, 2.45) is 0 Å². The van der Waals surface area contributed by atoms with Gasteiger partial charge in [0.2, 0.25) is 5.95 Å². The zero-order valence-electron chi connectivity index (χ0n) is 21.7. The number of benzene rings is 2. The number of hydrogen-bond acceptors (Lipinski definition) is 8. The summed E-state index contributed by atoms with van der Waals surface area (Å²) < 4.78 is 6.51. The molecule has 2 aromatic heterocycles. The molecular weight excluding hydrogens is 549 g/mol. The summed E-state index contributed by atoms with van der Waals surface area (Å²) in [6.45, 7) is 4.43. The maximum absolute atomic E-state index is 5.74. The number of hydrogen-bond donors (Lipinski definition) is 2. The Kier molecular flexibility index (Phi) is 7.56. The van der Waals surface area contributed by atoms with Crippen molar-refractivity contribution >= 4 is 63.3 Å². The molecule has 0 fully saturated rings. The molecule has 1 aliphatic carbocycles. The van der Waals surface area contributed by atoms with Gasteiger partial charge >= 0.3 is 0 Å². The molecule has 1 atom stereocenters. The van der Waals surface area contributed by atoms with Crippen LogP contribution >= 0.6 is 23.9 Å². The van der Waals surface area contributed by atoms with Crippen molar-refractivity contribution in [1.29, 1.82) is 0 Å². The van der Waals surface area contributed by atoms with Crippen LogP contribution in [0.3, 0.4) is 0 Å². The molecule has 4 aromatic rings. The molecule has 2 heterocycles. The van der Waals surface area contributed by atoms with Gasteiger partial charge in [0.05, 0.1) is 28.3 Å². The number of nitrogens with zero attached hydrogens (tertiary/aromatic N) is 5. The van der Waals surface area contributed by atoms with Gasteiger partial charge in [0.1, 0.15) is 11.6 Å². The molecule has 0 radical (unpaired) electrons. The molecule has 8 nitrogen and oxygen atoms in total. The Balaban J connectivity index is 1.45. The number of aryl methyl sites for hydroxylation is 1. The lowest BCUT2D eigenvalue weighted by atomic mass is 9.87. The fraction of sp³-hybridized carbons (Fsp3) is 0.333. The van der Waals surface area contributed by atoms with E-state index in [1.54, 1.807) is 25.7 Å². The van der Waals surface area contributed by atoms with Crippen LogP contribution in [-0.2, 0) is 12.8 Å². The van der Waals surface area contributed by atoms with Gasteiger partial charge in [-0.25, -0.2) is 4.98 Å². The standard InChI is InChI=1S/C27H31BrN7OP/c1-35(2)18-7-6-16-13-22(23(36-3)14-17(16)12-18)33-27-31-15-19(28)26(34-27)32-21-9-8-20-24(25(21)37(4)5)30-11-10-29-20/h8-11,13-15,18H,6-7,12H2,1-5H3,(H2,31,32,33,34)/t18-/m0/s1. The monoisotopic (exact) mass is 579 g/mol. The maximum atomic E-state index is 5.74. The smallest absolute Gasteiger partial charge is 0.229 e. The van der Waals surface area contributed by atoms with Crippen LogP contribution in [0.25, 0.3) is 11.0 Å². The van der Waals surface area contributed by atoms with E-state index in [1.807, 2.05) is 12.1 Å². The molecule has 0 bridgehead atoms. The van der Waals surface area contributed by atoms with Crippen LogP contribution in [0.1, 0.15) is 17.5 Å². The highest BCUT2D eigenvalue weighted by molar-refractivity contribution is 9.10. The topological polar surface area (TPSA) is 88.1 Å². The summed E-state index contributed by atoms with van der Waals surface area (Å²) in [5, 5.41) is 8.06. The van der Waals surface area contributed by atoms with Gasteiger partial charge in [0.25, 0.3) is 0 Å². The maximum Gasteiger partial charge on any atom is 0.229 e. The van der Waals surface area contributed by atoms with E-state index in [9.17, 15) is 0 Å². The van der Waals surface area contributed by atoms with Gasteiger partial charge in [0, 0.05) is 35.6 Å². The molecule has 37 heavy (non-hydrogen) atoms. The summed E-state index contributed by atoms with van der Waals surface area (Å²) in [6, 6.07) is 8.92. The molecular formula is C27H31BrN7OP. The van der Waals surface area contributed by atoms with Crippen LogP contribution in [-0.4, -0.2) is 65.4 Å². The average molecular weight is 580 g/mol. The Labute approximate surface area is 227 Å². The van der Waals surface area contributed by atoms with Crippen molar-refractivity contribution in [2.45, 2.75) is 25.3 Å². The van der Waals surface area contributed by atoms with Crippen LogP contribution in [0.2, 0.25) is 0 Å². The van der Waals surface area contributed by atoms with Gasteiger partial charge in [0.15, 0.2) is 0 Å². The van der Waals surface area contributed by atoms with Gasteiger partial charge in [-0.1, -0.05) is 7.92 Å². The first-order valence-corrected chi connectivity index (χ1v) is 15.2. The summed E-state index contributed by atoms with van der Waals surface area (Å²) in [4.78, 5) is 20.7. The first-order chi connectivity index (χ1) is 17.8. The molecule has 0 aliphatic heterocycles. The largest absolute Gasteiger partial charge is 0.495 e. The minimum absolute atomic E-state index is 0.447. The molecule has 0 amide bonds. The molecule has 0 spiro atoms. The number of halogens is 1. The highest BCUT2D eigenvalue weighted by atomic mass is 79.9. The third kappa shape index (κ3) is 5.40. The quantitative estimate of drug-likeness (QED) is 0.279. The van der Waals surface area contributed by atoms with Gasteiger partial charge in [-0.05, 0) is 98.0 Å². The molecule has 192 valence electrons. The Morgan fingerprint density at radius 2 is 1.84 bits per heavy atom. The van der Waals surface area contributed by atoms with Gasteiger partial charge in [-0.3, -0.25) is 9.97 Å². The lowest BCUT2D eigenvalue weighted by Gasteiger charge is -2.30. The second kappa shape index (κ2) is 10.9. The van der Waals surface area contributed by atoms with Crippen LogP contribution in [0, 0.1) is 0 Å². The number of likely N-dealkylation sites (N-methyl/N-ethyl adjacent to an activating group) is 1. The zero-order chi connectivity index (χ0) is 26.1. The second-order valence-electron chi connectivity index (χ2n) is 9.60. The van der Waals surface area contributed by atoms with Crippen LogP contribution in [0.4, 0.5) is 23.1 Å². The third-order valence-corrected chi connectivity index (χ3v) is 8.69. The molecule has 2 aromatic carbocycles. The number of rotatable bonds is 7. The summed E-state index contributed by atoms with van der Waals surface area (Å²) in [5.41, 5.74) is 6.33. The molecule has 1 aliphatic rings. The van der Waals surface area contributed by atoms with Gasteiger partial charge in [-0.2, -0.15) is 4.98 Å². The average Bonchev–Trinajstić information content (AvgIpc) is 2.89. The number of anilines is 4. The summed E-state index contributed by atoms with van der Waals surface area (Å²) >= 11 is 3.61. The van der Waals surface area contributed by atoms with Crippen LogP contribution < -0.4 is 20.7 Å². The first-order valence-electron chi connectivity index (χ1n) is 12.2. The number of nitrogens with one attached hydrogen (secondary N) is 2. The lowest BCUT2D eigenvalue weighted by Crippen LogP contribution is -2.33. The van der Waals surface area contributed by atoms with E-state index in [4.69, 9.17) is 9.72 Å². The first kappa shape index (κ1) is 25.8. The van der Waals surface area contributed by atoms with Gasteiger partial charge < -0.3 is 20.3 Å². The molecule has 0 saturated heterocycles. The Morgan fingerprint density at radius 3 is 2.59 bits per heavy atom. The van der Waals surface area contributed by atoms with Crippen molar-refractivity contribution in [1.82, 2.24) is 24.8 Å². The Hall–Kier alpha value is -2.87. The third-order valence-electron chi connectivity index (χ3n) is 6.76. The van der Waals surface area contributed by atoms with Crippen LogP contribution in [0.15, 0.2) is 47.3 Å². The normalized spacial score (nSPS) is 15.2. The van der Waals surface area contributed by atoms with Crippen molar-refractivity contribution in [3.8, 4) is 5.75 Å². The molecule has 5 rings (SSSR count). The Morgan fingerprint density at radius 1 is 1.03 bits per heavy atom. The molecule has 10 heteroatoms. The van der Waals surface area contributed by atoms with E-state index >= 15 is 0 Å². The van der Waals surface area contributed by atoms with Crippen molar-refractivity contribution in [2.75, 3.05) is 45.2 Å². The zero-order valence-corrected chi connectivity index (χ0v) is 24.2. The Bertz CT molecular complexity index is 1450. The summed E-state index contributed by atoms with van der Waals surface area (Å²) in [7, 11) is 5.55. The van der Waals surface area contributed by atoms with Crippen molar-refractivity contribution in [3.05, 3.63) is 58.5 Å². The lowest BCUT2D eigenvalue weighted by molar-refractivity contribution is 0.268. The molecule has 0 saturated carbocycles. The van der Waals surface area contributed by atoms with Crippen LogP contribution in [0.5, 0.6) is 5.75 Å². The fourth-order valence-corrected chi connectivity index (χ4v) is 6.31. The molecule has 2 N–H and O–H groups in total. The minimum atomic E-state index is -0.447. The number of ether oxygens (including phenoxy) is 1. The summed E-state index contributed by atoms with van der Waals surface area (Å²) in [5.74, 6) is 1.95. The fourth-order valence-electron chi connectivity index (χ4n) is 4.81. The van der Waals surface area contributed by atoms with E-state index in [2.05, 4.69) is 86.0 Å². The summed E-state index contributed by atoms with van der Waals surface area (Å²) in [6.07, 6.45) is 8.42. The number of fused-ring (bicyclic) bond motifs is 2. The van der Waals surface area contributed by atoms with Crippen molar-refractivity contribution in [3.63, 3.8) is 0 Å². The molecule has 0 unspecified atom stereocenters.